The van der Waals surface area contributed by atoms with Crippen LogP contribution in [0.5, 0.6) is 0 Å². The van der Waals surface area contributed by atoms with Crippen molar-refractivity contribution in [3.8, 4) is 0 Å². The molecule has 2 nitrogen and oxygen atoms in total. The van der Waals surface area contributed by atoms with E-state index in [0.717, 1.165) is 28.7 Å². The maximum absolute atomic E-state index is 6.40. The van der Waals surface area contributed by atoms with Crippen molar-refractivity contribution >= 4 is 28.9 Å². The Kier molecular flexibility index (Phi) is 5.51. The van der Waals surface area contributed by atoms with Crippen LogP contribution in [0.2, 0.25) is 10.0 Å². The fourth-order valence-corrected chi connectivity index (χ4v) is 2.78. The lowest BCUT2D eigenvalue weighted by Gasteiger charge is -2.21. The van der Waals surface area contributed by atoms with Gasteiger partial charge in [0.1, 0.15) is 0 Å². The van der Waals surface area contributed by atoms with Gasteiger partial charge >= 0.3 is 0 Å². The predicted octanol–water partition coefficient (Wildman–Crippen LogP) is 4.52. The molecule has 0 radical (unpaired) electrons. The van der Waals surface area contributed by atoms with Crippen molar-refractivity contribution in [3.05, 3.63) is 63.6 Å². The van der Waals surface area contributed by atoms with Gasteiger partial charge in [0, 0.05) is 24.7 Å². The van der Waals surface area contributed by atoms with Crippen LogP contribution >= 0.6 is 23.2 Å². The second kappa shape index (κ2) is 7.17. The third kappa shape index (κ3) is 4.63. The Hall–Kier alpha value is -1.22. The molecule has 0 saturated heterocycles. The Labute approximate surface area is 136 Å². The zero-order chi connectivity index (χ0) is 15.4. The summed E-state index contributed by atoms with van der Waals surface area (Å²) < 4.78 is 0. The number of anilines is 1. The van der Waals surface area contributed by atoms with Gasteiger partial charge in [-0.3, -0.25) is 0 Å². The number of nitrogens with two attached hydrogens (primary N) is 1. The molecule has 0 amide bonds. The third-order valence-corrected chi connectivity index (χ3v) is 3.87. The SMILES string of the molecule is CC(N)Cc1ccc(N(C)Cc2ccc(Cl)cc2)c(Cl)c1. The molecule has 0 saturated carbocycles. The van der Waals surface area contributed by atoms with Crippen LogP contribution < -0.4 is 10.6 Å². The molecule has 0 aliphatic carbocycles. The van der Waals surface area contributed by atoms with Gasteiger partial charge in [-0.2, -0.15) is 0 Å². The molecule has 0 bridgehead atoms. The Morgan fingerprint density at radius 2 is 1.67 bits per heavy atom. The molecule has 112 valence electrons. The van der Waals surface area contributed by atoms with Crippen LogP contribution in [0.15, 0.2) is 42.5 Å². The second-order valence-electron chi connectivity index (χ2n) is 5.45. The zero-order valence-electron chi connectivity index (χ0n) is 12.3. The van der Waals surface area contributed by atoms with Crippen molar-refractivity contribution in [2.24, 2.45) is 5.73 Å². The van der Waals surface area contributed by atoms with E-state index in [1.54, 1.807) is 0 Å². The van der Waals surface area contributed by atoms with E-state index in [1.807, 2.05) is 44.3 Å². The minimum absolute atomic E-state index is 0.138. The lowest BCUT2D eigenvalue weighted by molar-refractivity contribution is 0.738. The normalized spacial score (nSPS) is 12.2. The van der Waals surface area contributed by atoms with E-state index in [2.05, 4.69) is 17.0 Å². The summed E-state index contributed by atoms with van der Waals surface area (Å²) in [6.07, 6.45) is 0.834. The second-order valence-corrected chi connectivity index (χ2v) is 6.29. The first-order valence-corrected chi connectivity index (χ1v) is 7.71. The van der Waals surface area contributed by atoms with Crippen LogP contribution in [0.3, 0.4) is 0 Å². The number of nitrogens with zero attached hydrogens (tertiary/aromatic N) is 1. The highest BCUT2D eigenvalue weighted by Gasteiger charge is 2.08. The topological polar surface area (TPSA) is 29.3 Å². The summed E-state index contributed by atoms with van der Waals surface area (Å²) in [5.74, 6) is 0. The van der Waals surface area contributed by atoms with E-state index < -0.39 is 0 Å². The molecule has 0 aliphatic heterocycles. The van der Waals surface area contributed by atoms with Gasteiger partial charge in [-0.25, -0.2) is 0 Å². The minimum atomic E-state index is 0.138. The van der Waals surface area contributed by atoms with Crippen LogP contribution in [-0.2, 0) is 13.0 Å². The van der Waals surface area contributed by atoms with Gasteiger partial charge in [-0.05, 0) is 48.7 Å². The number of hydrogen-bond acceptors (Lipinski definition) is 2. The van der Waals surface area contributed by atoms with E-state index >= 15 is 0 Å². The van der Waals surface area contributed by atoms with Crippen molar-refractivity contribution in [3.63, 3.8) is 0 Å². The van der Waals surface area contributed by atoms with Crippen molar-refractivity contribution in [1.82, 2.24) is 0 Å². The van der Waals surface area contributed by atoms with E-state index in [9.17, 15) is 0 Å². The fourth-order valence-electron chi connectivity index (χ4n) is 2.31. The summed E-state index contributed by atoms with van der Waals surface area (Å²) in [4.78, 5) is 2.13. The smallest absolute Gasteiger partial charge is 0.0642 e. The molecule has 1 atom stereocenters. The third-order valence-electron chi connectivity index (χ3n) is 3.31. The Balaban J connectivity index is 2.11. The van der Waals surface area contributed by atoms with E-state index in [-0.39, 0.29) is 6.04 Å². The van der Waals surface area contributed by atoms with Gasteiger partial charge in [0.15, 0.2) is 0 Å². The maximum Gasteiger partial charge on any atom is 0.0642 e. The Morgan fingerprint density at radius 1 is 1.05 bits per heavy atom. The molecule has 0 spiro atoms. The number of benzene rings is 2. The molecule has 21 heavy (non-hydrogen) atoms. The molecule has 0 heterocycles. The average molecular weight is 323 g/mol. The first-order chi connectivity index (χ1) is 9.95. The van der Waals surface area contributed by atoms with Gasteiger partial charge in [0.05, 0.1) is 10.7 Å². The largest absolute Gasteiger partial charge is 0.369 e. The van der Waals surface area contributed by atoms with Gasteiger partial charge in [-0.1, -0.05) is 41.4 Å². The van der Waals surface area contributed by atoms with Crippen LogP contribution in [0.1, 0.15) is 18.1 Å². The molecule has 0 aliphatic rings. The highest BCUT2D eigenvalue weighted by atomic mass is 35.5. The van der Waals surface area contributed by atoms with Crippen LogP contribution in [0.4, 0.5) is 5.69 Å². The first-order valence-electron chi connectivity index (χ1n) is 6.95. The van der Waals surface area contributed by atoms with Crippen molar-refractivity contribution < 1.29 is 0 Å². The van der Waals surface area contributed by atoms with Crippen LogP contribution in [0, 0.1) is 0 Å². The monoisotopic (exact) mass is 322 g/mol. The van der Waals surface area contributed by atoms with Gasteiger partial charge in [-0.15, -0.1) is 0 Å². The maximum atomic E-state index is 6.40. The molecule has 1 unspecified atom stereocenters. The summed E-state index contributed by atoms with van der Waals surface area (Å²) in [6.45, 7) is 2.78. The molecule has 0 aromatic heterocycles. The van der Waals surface area contributed by atoms with E-state index in [1.165, 1.54) is 11.1 Å². The van der Waals surface area contributed by atoms with E-state index in [4.69, 9.17) is 28.9 Å². The lowest BCUT2D eigenvalue weighted by atomic mass is 10.1. The summed E-state index contributed by atoms with van der Waals surface area (Å²) in [5, 5.41) is 1.50. The molecular weight excluding hydrogens is 303 g/mol. The minimum Gasteiger partial charge on any atom is -0.369 e. The molecule has 2 aromatic rings. The highest BCUT2D eigenvalue weighted by Crippen LogP contribution is 2.27. The van der Waals surface area contributed by atoms with Crippen molar-refractivity contribution in [2.45, 2.75) is 25.9 Å². The van der Waals surface area contributed by atoms with Crippen LogP contribution in [0.25, 0.3) is 0 Å². The summed E-state index contributed by atoms with van der Waals surface area (Å²) >= 11 is 12.3. The van der Waals surface area contributed by atoms with Gasteiger partial charge < -0.3 is 10.6 Å². The lowest BCUT2D eigenvalue weighted by Crippen LogP contribution is -2.19. The zero-order valence-corrected chi connectivity index (χ0v) is 13.8. The quantitative estimate of drug-likeness (QED) is 0.876. The molecule has 0 fully saturated rings. The van der Waals surface area contributed by atoms with Crippen molar-refractivity contribution in [1.29, 1.82) is 0 Å². The summed E-state index contributed by atoms with van der Waals surface area (Å²) in [6, 6.07) is 14.1. The molecule has 2 aromatic carbocycles. The average Bonchev–Trinajstić information content (AvgIpc) is 2.40. The Morgan fingerprint density at radius 3 is 2.24 bits per heavy atom. The number of hydrogen-bond donors (Lipinski definition) is 1. The standard InChI is InChI=1S/C17H20Cl2N2/c1-12(20)9-14-5-8-17(16(19)10-14)21(2)11-13-3-6-15(18)7-4-13/h3-8,10,12H,9,11,20H2,1-2H3. The molecule has 2 N–H and O–H groups in total. The predicted molar refractivity (Wildman–Crippen MR) is 92.4 cm³/mol. The van der Waals surface area contributed by atoms with Gasteiger partial charge in [0.25, 0.3) is 0 Å². The molecule has 2 rings (SSSR count). The highest BCUT2D eigenvalue weighted by molar-refractivity contribution is 6.33. The summed E-state index contributed by atoms with van der Waals surface area (Å²) in [7, 11) is 2.03. The van der Waals surface area contributed by atoms with Crippen molar-refractivity contribution in [2.75, 3.05) is 11.9 Å². The van der Waals surface area contributed by atoms with Crippen LogP contribution in [-0.4, -0.2) is 13.1 Å². The van der Waals surface area contributed by atoms with Gasteiger partial charge in [0.2, 0.25) is 0 Å². The molecular formula is C17H20Cl2N2. The van der Waals surface area contributed by atoms with E-state index in [0.29, 0.717) is 0 Å². The number of rotatable bonds is 5. The first kappa shape index (κ1) is 16.2. The Bertz CT molecular complexity index is 594. The number of halogens is 2. The fraction of sp³-hybridized carbons (Fsp3) is 0.294. The molecule has 4 heteroatoms. The summed E-state index contributed by atoms with van der Waals surface area (Å²) in [5.41, 5.74) is 9.19.